The predicted molar refractivity (Wildman–Crippen MR) is 52.3 cm³/mol. The van der Waals surface area contributed by atoms with E-state index in [1.165, 1.54) is 0 Å². The Balaban J connectivity index is 3.02. The predicted octanol–water partition coefficient (Wildman–Crippen LogP) is 3.74. The van der Waals surface area contributed by atoms with E-state index >= 15 is 0 Å². The van der Waals surface area contributed by atoms with Crippen molar-refractivity contribution in [3.05, 3.63) is 22.2 Å². The summed E-state index contributed by atoms with van der Waals surface area (Å²) in [5.41, 5.74) is 1.67. The molecule has 0 atom stereocenters. The normalized spacial score (nSPS) is 11.5. The van der Waals surface area contributed by atoms with Gasteiger partial charge in [-0.05, 0) is 0 Å². The number of benzene rings is 1. The summed E-state index contributed by atoms with van der Waals surface area (Å²) in [6.45, 7) is 0. The lowest BCUT2D eigenvalue weighted by atomic mass is 10.3. The maximum Gasteiger partial charge on any atom is 0.487 e. The van der Waals surface area contributed by atoms with Crippen LogP contribution in [0, 0.1) is 0 Å². The summed E-state index contributed by atoms with van der Waals surface area (Å²) in [5, 5.41) is 0.0434. The maximum atomic E-state index is 12.2. The first kappa shape index (κ1) is 11.6. The van der Waals surface area contributed by atoms with Gasteiger partial charge >= 0.3 is 5.57 Å². The van der Waals surface area contributed by atoms with Gasteiger partial charge in [0.15, 0.2) is 0 Å². The van der Waals surface area contributed by atoms with Gasteiger partial charge < -0.3 is 10.5 Å². The molecule has 0 aliphatic rings. The van der Waals surface area contributed by atoms with E-state index in [-0.39, 0.29) is 21.5 Å². The van der Waals surface area contributed by atoms with Gasteiger partial charge in [-0.25, -0.2) is 0 Å². The van der Waals surface area contributed by atoms with Gasteiger partial charge in [0.1, 0.15) is 5.75 Å². The molecule has 2 N–H and O–H groups in total. The van der Waals surface area contributed by atoms with Gasteiger partial charge in [-0.2, -0.15) is 0 Å². The van der Waals surface area contributed by atoms with Crippen LogP contribution in [0.2, 0.25) is 10.0 Å². The second kappa shape index (κ2) is 3.96. The molecule has 0 amide bonds. The molecule has 0 aliphatic heterocycles. The van der Waals surface area contributed by atoms with Gasteiger partial charge in [0, 0.05) is 23.7 Å². The number of anilines is 1. The fourth-order valence-electron chi connectivity index (χ4n) is 0.754. The molecule has 0 saturated heterocycles. The van der Waals surface area contributed by atoms with E-state index in [2.05, 4.69) is 16.3 Å². The molecular formula is C7H4Cl3F2NO. The molecule has 0 aromatic heterocycles. The van der Waals surface area contributed by atoms with E-state index in [1.54, 1.807) is 0 Å². The van der Waals surface area contributed by atoms with E-state index < -0.39 is 5.57 Å². The number of nitrogen functional groups attached to an aromatic ring is 1. The second-order valence-corrected chi connectivity index (χ2v) is 3.60. The summed E-state index contributed by atoms with van der Waals surface area (Å²) in [4.78, 5) is 0. The Morgan fingerprint density at radius 1 is 1.21 bits per heavy atom. The van der Waals surface area contributed by atoms with Crippen LogP contribution in [0.25, 0.3) is 0 Å². The molecule has 1 aromatic carbocycles. The highest BCUT2D eigenvalue weighted by atomic mass is 35.5. The fourth-order valence-corrected chi connectivity index (χ4v) is 1.31. The first-order chi connectivity index (χ1) is 6.29. The van der Waals surface area contributed by atoms with Crippen molar-refractivity contribution in [2.45, 2.75) is 5.57 Å². The van der Waals surface area contributed by atoms with Gasteiger partial charge in [0.25, 0.3) is 0 Å². The molecule has 14 heavy (non-hydrogen) atoms. The second-order valence-electron chi connectivity index (χ2n) is 2.35. The van der Waals surface area contributed by atoms with Crippen LogP contribution in [-0.2, 0) is 0 Å². The Morgan fingerprint density at radius 2 is 1.64 bits per heavy atom. The molecule has 1 rings (SSSR count). The molecule has 78 valence electrons. The van der Waals surface area contributed by atoms with E-state index in [9.17, 15) is 8.78 Å². The minimum Gasteiger partial charge on any atom is -0.420 e. The van der Waals surface area contributed by atoms with Gasteiger partial charge in [0.05, 0.1) is 15.7 Å². The summed E-state index contributed by atoms with van der Waals surface area (Å²) in [7, 11) is 0. The summed E-state index contributed by atoms with van der Waals surface area (Å²) in [6.07, 6.45) is 0. The topological polar surface area (TPSA) is 35.2 Å². The third-order valence-electron chi connectivity index (χ3n) is 1.29. The lowest BCUT2D eigenvalue weighted by molar-refractivity contribution is -0.0964. The first-order valence-corrected chi connectivity index (χ1v) is 4.43. The highest BCUT2D eigenvalue weighted by Crippen LogP contribution is 2.34. The van der Waals surface area contributed by atoms with Crippen molar-refractivity contribution >= 4 is 40.5 Å². The van der Waals surface area contributed by atoms with E-state index in [0.29, 0.717) is 0 Å². The number of rotatable bonds is 2. The van der Waals surface area contributed by atoms with Crippen molar-refractivity contribution in [3.8, 4) is 5.75 Å². The lowest BCUT2D eigenvalue weighted by Crippen LogP contribution is -2.15. The van der Waals surface area contributed by atoms with Crippen LogP contribution in [0.15, 0.2) is 12.1 Å². The van der Waals surface area contributed by atoms with Crippen molar-refractivity contribution in [1.29, 1.82) is 0 Å². The van der Waals surface area contributed by atoms with Crippen LogP contribution >= 0.6 is 34.8 Å². The van der Waals surface area contributed by atoms with E-state index in [0.717, 1.165) is 12.1 Å². The molecule has 0 saturated carbocycles. The Bertz CT molecular complexity index is 330. The molecule has 1 aromatic rings. The number of halogens is 5. The monoisotopic (exact) mass is 261 g/mol. The average molecular weight is 262 g/mol. The molecule has 7 heteroatoms. The Labute approximate surface area is 93.5 Å². The molecule has 0 spiro atoms. The third kappa shape index (κ3) is 3.04. The van der Waals surface area contributed by atoms with Gasteiger partial charge in [-0.1, -0.05) is 23.2 Å². The standard InChI is InChI=1S/C7H4Cl3F2NO/c8-4-1-3(14-7(10,11)12)2-5(9)6(4)13/h1-2H,13H2. The average Bonchev–Trinajstić information content (AvgIpc) is 1.96. The van der Waals surface area contributed by atoms with E-state index in [1.807, 2.05) is 0 Å². The van der Waals surface area contributed by atoms with Crippen LogP contribution in [0.3, 0.4) is 0 Å². The van der Waals surface area contributed by atoms with Crippen LogP contribution in [0.4, 0.5) is 14.5 Å². The summed E-state index contributed by atoms with van der Waals surface area (Å²) < 4.78 is 28.4. The summed E-state index contributed by atoms with van der Waals surface area (Å²) >= 11 is 15.7. The molecule has 0 radical (unpaired) electrons. The zero-order chi connectivity index (χ0) is 10.9. The zero-order valence-electron chi connectivity index (χ0n) is 6.53. The van der Waals surface area contributed by atoms with Crippen LogP contribution in [-0.4, -0.2) is 5.57 Å². The van der Waals surface area contributed by atoms with Crippen LogP contribution in [0.1, 0.15) is 0 Å². The fraction of sp³-hybridized carbons (Fsp3) is 0.143. The summed E-state index contributed by atoms with van der Waals surface area (Å²) in [5.74, 6) is -0.255. The van der Waals surface area contributed by atoms with Crippen molar-refractivity contribution in [1.82, 2.24) is 0 Å². The lowest BCUT2D eigenvalue weighted by Gasteiger charge is -2.11. The number of hydrogen-bond donors (Lipinski definition) is 1. The molecule has 0 aliphatic carbocycles. The number of nitrogens with two attached hydrogens (primary N) is 1. The number of alkyl halides is 3. The Kier molecular flexibility index (Phi) is 3.29. The van der Waals surface area contributed by atoms with Crippen molar-refractivity contribution in [2.24, 2.45) is 0 Å². The van der Waals surface area contributed by atoms with Crippen molar-refractivity contribution in [2.75, 3.05) is 5.73 Å². The smallest absolute Gasteiger partial charge is 0.420 e. The largest absolute Gasteiger partial charge is 0.487 e. The van der Waals surface area contributed by atoms with Gasteiger partial charge in [-0.15, -0.1) is 8.78 Å². The van der Waals surface area contributed by atoms with E-state index in [4.69, 9.17) is 28.9 Å². The molecule has 0 unspecified atom stereocenters. The molecule has 0 bridgehead atoms. The highest BCUT2D eigenvalue weighted by Gasteiger charge is 2.28. The van der Waals surface area contributed by atoms with Crippen molar-refractivity contribution < 1.29 is 13.5 Å². The minimum atomic E-state index is -3.80. The van der Waals surface area contributed by atoms with Gasteiger partial charge in [0.2, 0.25) is 0 Å². The molecule has 2 nitrogen and oxygen atoms in total. The number of ether oxygens (including phenoxy) is 1. The first-order valence-electron chi connectivity index (χ1n) is 3.30. The van der Waals surface area contributed by atoms with Crippen molar-refractivity contribution in [3.63, 3.8) is 0 Å². The van der Waals surface area contributed by atoms with Crippen LogP contribution in [0.5, 0.6) is 5.75 Å². The third-order valence-corrected chi connectivity index (χ3v) is 1.99. The SMILES string of the molecule is Nc1c(Cl)cc(OC(F)(F)Cl)cc1Cl. The highest BCUT2D eigenvalue weighted by molar-refractivity contribution is 6.39. The minimum absolute atomic E-state index is 0.0217. The molecule has 0 fully saturated rings. The van der Waals surface area contributed by atoms with Gasteiger partial charge in [-0.3, -0.25) is 0 Å². The number of hydrogen-bond acceptors (Lipinski definition) is 2. The molecular weight excluding hydrogens is 258 g/mol. The maximum absolute atomic E-state index is 12.2. The van der Waals surface area contributed by atoms with Crippen LogP contribution < -0.4 is 10.5 Å². The zero-order valence-corrected chi connectivity index (χ0v) is 8.80. The Morgan fingerprint density at radius 3 is 2.00 bits per heavy atom. The Hall–Kier alpha value is -0.450. The summed E-state index contributed by atoms with van der Waals surface area (Å²) in [6, 6.07) is 2.19. The quantitative estimate of drug-likeness (QED) is 0.651. The molecule has 0 heterocycles.